The summed E-state index contributed by atoms with van der Waals surface area (Å²) in [6, 6.07) is 4.98. The third kappa shape index (κ3) is 10.6. The lowest BCUT2D eigenvalue weighted by Gasteiger charge is -2.29. The van der Waals surface area contributed by atoms with Gasteiger partial charge in [-0.25, -0.2) is 4.79 Å². The van der Waals surface area contributed by atoms with E-state index in [2.05, 4.69) is 21.3 Å². The van der Waals surface area contributed by atoms with Gasteiger partial charge in [-0.15, -0.1) is 0 Å². The molecular formula is C32H35ClF3N5O8. The van der Waals surface area contributed by atoms with Crippen molar-refractivity contribution in [3.05, 3.63) is 64.7 Å². The highest BCUT2D eigenvalue weighted by Gasteiger charge is 2.43. The molecule has 5 N–H and O–H groups in total. The predicted molar refractivity (Wildman–Crippen MR) is 167 cm³/mol. The van der Waals surface area contributed by atoms with Crippen LogP contribution < -0.4 is 26.0 Å². The van der Waals surface area contributed by atoms with E-state index in [4.69, 9.17) is 16.3 Å². The van der Waals surface area contributed by atoms with Crippen LogP contribution in [0.15, 0.2) is 48.5 Å². The minimum Gasteiger partial charge on any atom is -0.484 e. The predicted octanol–water partition coefficient (Wildman–Crippen LogP) is 2.27. The highest BCUT2D eigenvalue weighted by Crippen LogP contribution is 2.29. The molecule has 264 valence electrons. The standard InChI is InChI=1S/C32H35ClF3N5O8/c33-20-4-3-5-22(14-20)49-17-27(43)38-21-15-25-29(45)40-24(31(47)48)11-12-26(42)37-13-2-1-6-23(30(46)41(25)16-21)39-28(44)18-7-9-19(10-8-18)32(34,35)36/h3-5,7-10,14,21,23-25H,1-2,6,11-13,15-17H2,(H,37,42)(H,38,43)(H,39,44)(H,40,45)(H,47,48)/t21-,23+,24+,25+/m1/s1. The normalized spacial score (nSPS) is 22.4. The van der Waals surface area contributed by atoms with Crippen molar-refractivity contribution in [2.75, 3.05) is 19.7 Å². The van der Waals surface area contributed by atoms with E-state index in [0.717, 1.165) is 29.2 Å². The molecule has 17 heteroatoms. The lowest BCUT2D eigenvalue weighted by molar-refractivity contribution is -0.144. The Morgan fingerprint density at radius 3 is 2.43 bits per heavy atom. The monoisotopic (exact) mass is 709 g/mol. The first-order valence-electron chi connectivity index (χ1n) is 15.5. The highest BCUT2D eigenvalue weighted by atomic mass is 35.5. The maximum absolute atomic E-state index is 14.1. The maximum atomic E-state index is 14.1. The molecule has 0 aliphatic carbocycles. The number of halogens is 4. The molecule has 2 saturated heterocycles. The van der Waals surface area contributed by atoms with Crippen LogP contribution in [0.4, 0.5) is 13.2 Å². The molecule has 4 rings (SSSR count). The fraction of sp³-hybridized carbons (Fsp3) is 0.438. The van der Waals surface area contributed by atoms with Gasteiger partial charge < -0.3 is 36.0 Å². The average Bonchev–Trinajstić information content (AvgIpc) is 3.47. The fourth-order valence-electron chi connectivity index (χ4n) is 5.51. The molecule has 0 spiro atoms. The van der Waals surface area contributed by atoms with Crippen LogP contribution in [-0.4, -0.2) is 89.4 Å². The van der Waals surface area contributed by atoms with Crippen molar-refractivity contribution in [1.82, 2.24) is 26.2 Å². The smallest absolute Gasteiger partial charge is 0.416 e. The number of carbonyl (C=O) groups is 6. The number of amides is 5. The Balaban J connectivity index is 1.56. The third-order valence-corrected chi connectivity index (χ3v) is 8.25. The van der Waals surface area contributed by atoms with Crippen LogP contribution in [0.3, 0.4) is 0 Å². The summed E-state index contributed by atoms with van der Waals surface area (Å²) in [5.41, 5.74) is -1.11. The van der Waals surface area contributed by atoms with Crippen LogP contribution in [-0.2, 0) is 30.1 Å². The topological polar surface area (TPSA) is 183 Å². The van der Waals surface area contributed by atoms with E-state index in [1.807, 2.05) is 0 Å². The molecule has 2 fully saturated rings. The number of fused-ring (bicyclic) bond motifs is 1. The third-order valence-electron chi connectivity index (χ3n) is 8.01. The summed E-state index contributed by atoms with van der Waals surface area (Å²) < 4.78 is 44.6. The number of ether oxygens (including phenoxy) is 1. The molecule has 0 saturated carbocycles. The van der Waals surface area contributed by atoms with E-state index in [-0.39, 0.29) is 44.3 Å². The van der Waals surface area contributed by atoms with Crippen molar-refractivity contribution < 1.29 is 51.8 Å². The second-order valence-electron chi connectivity index (χ2n) is 11.6. The fourth-order valence-corrected chi connectivity index (χ4v) is 5.69. The molecule has 49 heavy (non-hydrogen) atoms. The second kappa shape index (κ2) is 16.5. The van der Waals surface area contributed by atoms with Gasteiger partial charge in [0, 0.05) is 36.1 Å². The molecule has 2 aliphatic heterocycles. The van der Waals surface area contributed by atoms with Gasteiger partial charge in [0.1, 0.15) is 23.9 Å². The van der Waals surface area contributed by atoms with E-state index in [1.54, 1.807) is 18.2 Å². The van der Waals surface area contributed by atoms with Gasteiger partial charge in [0.05, 0.1) is 5.56 Å². The molecule has 5 amide bonds. The van der Waals surface area contributed by atoms with Gasteiger partial charge in [-0.05, 0) is 74.6 Å². The number of rotatable bonds is 7. The molecule has 13 nitrogen and oxygen atoms in total. The first-order valence-corrected chi connectivity index (χ1v) is 15.8. The van der Waals surface area contributed by atoms with Crippen LogP contribution in [0, 0.1) is 0 Å². The average molecular weight is 710 g/mol. The Kier molecular flexibility index (Phi) is 12.4. The number of carbonyl (C=O) groups excluding carboxylic acids is 5. The van der Waals surface area contributed by atoms with E-state index in [9.17, 15) is 47.0 Å². The van der Waals surface area contributed by atoms with E-state index >= 15 is 0 Å². The molecular weight excluding hydrogens is 675 g/mol. The van der Waals surface area contributed by atoms with Crippen molar-refractivity contribution >= 4 is 47.1 Å². The molecule has 0 unspecified atom stereocenters. The van der Waals surface area contributed by atoms with Crippen LogP contribution in [0.25, 0.3) is 0 Å². The number of alkyl halides is 3. The summed E-state index contributed by atoms with van der Waals surface area (Å²) in [6.07, 6.45) is -4.43. The number of aliphatic carboxylic acids is 1. The van der Waals surface area contributed by atoms with Crippen molar-refractivity contribution in [2.45, 2.75) is 68.9 Å². The number of carboxylic acids is 1. The van der Waals surface area contributed by atoms with Crippen molar-refractivity contribution in [3.63, 3.8) is 0 Å². The van der Waals surface area contributed by atoms with Crippen molar-refractivity contribution in [3.8, 4) is 5.75 Å². The Morgan fingerprint density at radius 1 is 1.02 bits per heavy atom. The van der Waals surface area contributed by atoms with Crippen LogP contribution in [0.1, 0.15) is 54.4 Å². The zero-order chi connectivity index (χ0) is 35.7. The highest BCUT2D eigenvalue weighted by molar-refractivity contribution is 6.30. The summed E-state index contributed by atoms with van der Waals surface area (Å²) in [6.45, 7) is -0.421. The van der Waals surface area contributed by atoms with E-state index in [1.165, 1.54) is 6.07 Å². The van der Waals surface area contributed by atoms with Gasteiger partial charge in [0.25, 0.3) is 11.8 Å². The first kappa shape index (κ1) is 37.0. The Bertz CT molecular complexity index is 1560. The number of carboxylic acid groups (broad SMARTS) is 1. The summed E-state index contributed by atoms with van der Waals surface area (Å²) >= 11 is 5.95. The molecule has 0 bridgehead atoms. The van der Waals surface area contributed by atoms with Gasteiger partial charge in [-0.1, -0.05) is 17.7 Å². The lowest BCUT2D eigenvalue weighted by Crippen LogP contribution is -2.55. The number of hydrogen-bond donors (Lipinski definition) is 5. The zero-order valence-corrected chi connectivity index (χ0v) is 26.8. The maximum Gasteiger partial charge on any atom is 0.416 e. The van der Waals surface area contributed by atoms with Gasteiger partial charge >= 0.3 is 12.1 Å². The number of nitrogens with one attached hydrogen (secondary N) is 4. The second-order valence-corrected chi connectivity index (χ2v) is 12.1. The molecule has 4 atom stereocenters. The van der Waals surface area contributed by atoms with Crippen LogP contribution in [0.5, 0.6) is 5.75 Å². The van der Waals surface area contributed by atoms with E-state index < -0.39 is 78.0 Å². The zero-order valence-electron chi connectivity index (χ0n) is 26.1. The SMILES string of the molecule is O=C1CC[C@@H](C(=O)O)NC(=O)[C@@H]2C[C@@H](NC(=O)COc3cccc(Cl)c3)CN2C(=O)[C@@H](NC(=O)c2ccc(C(F)(F)F)cc2)CCCCN1. The molecule has 0 radical (unpaired) electrons. The number of hydrogen-bond acceptors (Lipinski definition) is 7. The largest absolute Gasteiger partial charge is 0.484 e. The van der Waals surface area contributed by atoms with Crippen molar-refractivity contribution in [2.24, 2.45) is 0 Å². The number of benzene rings is 2. The summed E-state index contributed by atoms with van der Waals surface area (Å²) in [7, 11) is 0. The summed E-state index contributed by atoms with van der Waals surface area (Å²) in [4.78, 5) is 78.9. The van der Waals surface area contributed by atoms with Gasteiger partial charge in [0.2, 0.25) is 17.7 Å². The quantitative estimate of drug-likeness (QED) is 0.290. The summed E-state index contributed by atoms with van der Waals surface area (Å²) in [5.74, 6) is -4.50. The molecule has 2 aromatic rings. The van der Waals surface area contributed by atoms with Crippen LogP contribution in [0.2, 0.25) is 5.02 Å². The number of nitrogens with zero attached hydrogens (tertiary/aromatic N) is 1. The molecule has 2 aromatic carbocycles. The Hall–Kier alpha value is -4.86. The van der Waals surface area contributed by atoms with Gasteiger partial charge in [0.15, 0.2) is 6.61 Å². The van der Waals surface area contributed by atoms with Gasteiger partial charge in [-0.3, -0.25) is 24.0 Å². The molecule has 0 aromatic heterocycles. The van der Waals surface area contributed by atoms with Crippen molar-refractivity contribution in [1.29, 1.82) is 0 Å². The van der Waals surface area contributed by atoms with Crippen LogP contribution >= 0.6 is 11.6 Å². The minimum atomic E-state index is -4.62. The first-order chi connectivity index (χ1) is 23.2. The molecule has 2 aliphatic rings. The summed E-state index contributed by atoms with van der Waals surface area (Å²) in [5, 5.41) is 20.4. The molecule has 2 heterocycles. The lowest BCUT2D eigenvalue weighted by atomic mass is 10.1. The van der Waals surface area contributed by atoms with E-state index in [0.29, 0.717) is 23.6 Å². The minimum absolute atomic E-state index is 0.0359. The Labute approximate surface area is 283 Å². The van der Waals surface area contributed by atoms with Gasteiger partial charge in [-0.2, -0.15) is 13.2 Å². The Morgan fingerprint density at radius 2 is 1.76 bits per heavy atom.